The van der Waals surface area contributed by atoms with Crippen LogP contribution in [0.2, 0.25) is 0 Å². The molecule has 1 rings (SSSR count). The number of nitrogens with zero attached hydrogens (tertiary/aromatic N) is 1. The Bertz CT molecular complexity index is 407. The molecule has 0 aliphatic heterocycles. The summed E-state index contributed by atoms with van der Waals surface area (Å²) in [4.78, 5) is 13.3. The molecular formula is C14H19F3N2O. The molecule has 1 amide bonds. The zero-order valence-corrected chi connectivity index (χ0v) is 11.4. The van der Waals surface area contributed by atoms with E-state index in [9.17, 15) is 18.0 Å². The smallest absolute Gasteiger partial charge is 0.342 e. The number of carbonyl (C=O) groups excluding carboxylic acids is 1. The molecule has 0 fully saturated rings. The molecule has 3 nitrogen and oxygen atoms in total. The maximum Gasteiger partial charge on any atom is 0.401 e. The summed E-state index contributed by atoms with van der Waals surface area (Å²) in [7, 11) is 0. The maximum atomic E-state index is 12.0. The van der Waals surface area contributed by atoms with Crippen LogP contribution < -0.4 is 5.32 Å². The molecule has 0 saturated carbocycles. The van der Waals surface area contributed by atoms with Crippen LogP contribution in [0, 0.1) is 0 Å². The van der Waals surface area contributed by atoms with Crippen molar-refractivity contribution in [1.82, 2.24) is 10.2 Å². The van der Waals surface area contributed by atoms with Crippen LogP contribution in [-0.4, -0.2) is 43.2 Å². The molecule has 0 radical (unpaired) electrons. The summed E-state index contributed by atoms with van der Waals surface area (Å²) >= 11 is 0. The topological polar surface area (TPSA) is 32.3 Å². The van der Waals surface area contributed by atoms with Crippen LogP contribution >= 0.6 is 0 Å². The summed E-state index contributed by atoms with van der Waals surface area (Å²) in [5, 5.41) is 2.12. The number of benzene rings is 1. The molecule has 20 heavy (non-hydrogen) atoms. The Morgan fingerprint density at radius 2 is 1.90 bits per heavy atom. The van der Waals surface area contributed by atoms with Crippen LogP contribution in [0.15, 0.2) is 30.3 Å². The van der Waals surface area contributed by atoms with E-state index in [0.717, 1.165) is 5.56 Å². The van der Waals surface area contributed by atoms with Gasteiger partial charge < -0.3 is 10.2 Å². The molecule has 1 aromatic rings. The lowest BCUT2D eigenvalue weighted by Gasteiger charge is -2.21. The van der Waals surface area contributed by atoms with Crippen molar-refractivity contribution in [3.05, 3.63) is 35.9 Å². The van der Waals surface area contributed by atoms with Gasteiger partial charge in [-0.3, -0.25) is 4.79 Å². The Kier molecular flexibility index (Phi) is 6.51. The number of nitrogens with one attached hydrogen (secondary N) is 1. The van der Waals surface area contributed by atoms with E-state index in [4.69, 9.17) is 0 Å². The summed E-state index contributed by atoms with van der Waals surface area (Å²) in [5.41, 5.74) is 1.10. The molecule has 0 aromatic heterocycles. The van der Waals surface area contributed by atoms with Crippen LogP contribution in [0.1, 0.15) is 12.5 Å². The molecule has 112 valence electrons. The molecule has 6 heteroatoms. The minimum atomic E-state index is -4.29. The number of carbonyl (C=O) groups is 1. The molecule has 1 N–H and O–H groups in total. The molecule has 0 aliphatic rings. The molecule has 0 atom stereocenters. The third-order valence-electron chi connectivity index (χ3n) is 2.85. The largest absolute Gasteiger partial charge is 0.401 e. The highest BCUT2D eigenvalue weighted by molar-refractivity contribution is 5.78. The highest BCUT2D eigenvalue weighted by Gasteiger charge is 2.26. The van der Waals surface area contributed by atoms with Gasteiger partial charge in [0.25, 0.3) is 0 Å². The number of likely N-dealkylation sites (N-methyl/N-ethyl adjacent to an activating group) is 1. The third kappa shape index (κ3) is 6.56. The minimum absolute atomic E-state index is 0.290. The molecule has 1 aromatic carbocycles. The lowest BCUT2D eigenvalue weighted by atomic mass is 10.1. The van der Waals surface area contributed by atoms with E-state index in [1.54, 1.807) is 4.90 Å². The first-order valence-corrected chi connectivity index (χ1v) is 6.51. The first-order valence-electron chi connectivity index (χ1n) is 6.51. The van der Waals surface area contributed by atoms with E-state index >= 15 is 0 Å². The molecular weight excluding hydrogens is 269 g/mol. The first kappa shape index (κ1) is 16.5. The van der Waals surface area contributed by atoms with Crippen LogP contribution in [0.5, 0.6) is 0 Å². The number of halogens is 3. The van der Waals surface area contributed by atoms with Gasteiger partial charge in [0.2, 0.25) is 5.91 Å². The van der Waals surface area contributed by atoms with Crippen molar-refractivity contribution < 1.29 is 18.0 Å². The second-order valence-corrected chi connectivity index (χ2v) is 4.43. The Morgan fingerprint density at radius 1 is 1.25 bits per heavy atom. The van der Waals surface area contributed by atoms with Crippen LogP contribution in [0.4, 0.5) is 13.2 Å². The second-order valence-electron chi connectivity index (χ2n) is 4.43. The number of alkyl halides is 3. The molecule has 0 spiro atoms. The van der Waals surface area contributed by atoms with Crippen LogP contribution in [0.25, 0.3) is 0 Å². The number of hydrogen-bond donors (Lipinski definition) is 1. The number of rotatable bonds is 7. The van der Waals surface area contributed by atoms with E-state index in [1.165, 1.54) is 0 Å². The van der Waals surface area contributed by atoms with Gasteiger partial charge in [-0.2, -0.15) is 13.2 Å². The standard InChI is InChI=1S/C14H19F3N2O/c1-2-19(9-8-12-6-4-3-5-7-12)13(20)10-18-11-14(15,16)17/h3-7,18H,2,8-11H2,1H3. The Balaban J connectivity index is 2.36. The fourth-order valence-corrected chi connectivity index (χ4v) is 1.79. The summed E-state index contributed by atoms with van der Waals surface area (Å²) in [6.07, 6.45) is -3.60. The zero-order valence-electron chi connectivity index (χ0n) is 11.4. The van der Waals surface area contributed by atoms with Gasteiger partial charge in [0.05, 0.1) is 13.1 Å². The van der Waals surface area contributed by atoms with Gasteiger partial charge in [-0.05, 0) is 18.9 Å². The van der Waals surface area contributed by atoms with Gasteiger partial charge in [-0.15, -0.1) is 0 Å². The van der Waals surface area contributed by atoms with Gasteiger partial charge in [0.15, 0.2) is 0 Å². The van der Waals surface area contributed by atoms with Crippen molar-refractivity contribution in [2.45, 2.75) is 19.5 Å². The lowest BCUT2D eigenvalue weighted by Crippen LogP contribution is -2.41. The van der Waals surface area contributed by atoms with Crippen molar-refractivity contribution in [3.8, 4) is 0 Å². The van der Waals surface area contributed by atoms with Gasteiger partial charge in [0.1, 0.15) is 0 Å². The predicted octanol–water partition coefficient (Wildman–Crippen LogP) is 2.23. The van der Waals surface area contributed by atoms with Crippen molar-refractivity contribution in [2.75, 3.05) is 26.2 Å². The number of amides is 1. The lowest BCUT2D eigenvalue weighted by molar-refractivity contribution is -0.134. The van der Waals surface area contributed by atoms with Crippen LogP contribution in [0.3, 0.4) is 0 Å². The molecule has 0 saturated heterocycles. The van der Waals surface area contributed by atoms with E-state index < -0.39 is 12.7 Å². The Hall–Kier alpha value is -1.56. The molecule has 0 aliphatic carbocycles. The van der Waals surface area contributed by atoms with Crippen molar-refractivity contribution in [3.63, 3.8) is 0 Å². The third-order valence-corrected chi connectivity index (χ3v) is 2.85. The molecule has 0 bridgehead atoms. The highest BCUT2D eigenvalue weighted by atomic mass is 19.4. The van der Waals surface area contributed by atoms with Gasteiger partial charge >= 0.3 is 6.18 Å². The highest BCUT2D eigenvalue weighted by Crippen LogP contribution is 2.12. The van der Waals surface area contributed by atoms with Crippen molar-refractivity contribution in [1.29, 1.82) is 0 Å². The van der Waals surface area contributed by atoms with E-state index in [1.807, 2.05) is 37.3 Å². The normalized spacial score (nSPS) is 11.4. The summed E-state index contributed by atoms with van der Waals surface area (Å²) in [6, 6.07) is 9.66. The van der Waals surface area contributed by atoms with E-state index in [2.05, 4.69) is 5.32 Å². The van der Waals surface area contributed by atoms with Crippen molar-refractivity contribution in [2.24, 2.45) is 0 Å². The summed E-state index contributed by atoms with van der Waals surface area (Å²) in [6.45, 7) is 1.37. The maximum absolute atomic E-state index is 12.0. The SMILES string of the molecule is CCN(CCc1ccccc1)C(=O)CNCC(F)(F)F. The first-order chi connectivity index (χ1) is 9.42. The Labute approximate surface area is 116 Å². The molecule has 0 unspecified atom stereocenters. The van der Waals surface area contributed by atoms with Crippen molar-refractivity contribution >= 4 is 5.91 Å². The average Bonchev–Trinajstić information content (AvgIpc) is 2.39. The van der Waals surface area contributed by atoms with E-state index in [0.29, 0.717) is 19.5 Å². The quantitative estimate of drug-likeness (QED) is 0.834. The average molecular weight is 288 g/mol. The molecule has 0 heterocycles. The summed E-state index contributed by atoms with van der Waals surface area (Å²) < 4.78 is 35.9. The van der Waals surface area contributed by atoms with Gasteiger partial charge in [-0.1, -0.05) is 30.3 Å². The minimum Gasteiger partial charge on any atom is -0.342 e. The van der Waals surface area contributed by atoms with E-state index in [-0.39, 0.29) is 12.5 Å². The zero-order chi connectivity index (χ0) is 15.0. The monoisotopic (exact) mass is 288 g/mol. The second kappa shape index (κ2) is 7.89. The van der Waals surface area contributed by atoms with Crippen LogP contribution in [-0.2, 0) is 11.2 Å². The van der Waals surface area contributed by atoms with Gasteiger partial charge in [0, 0.05) is 13.1 Å². The fraction of sp³-hybridized carbons (Fsp3) is 0.500. The Morgan fingerprint density at radius 3 is 2.45 bits per heavy atom. The van der Waals surface area contributed by atoms with Gasteiger partial charge in [-0.25, -0.2) is 0 Å². The summed E-state index contributed by atoms with van der Waals surface area (Å²) in [5.74, 6) is -0.312. The number of hydrogen-bond acceptors (Lipinski definition) is 2. The predicted molar refractivity (Wildman–Crippen MR) is 71.3 cm³/mol. The fourth-order valence-electron chi connectivity index (χ4n) is 1.79.